The van der Waals surface area contributed by atoms with Crippen molar-refractivity contribution in [3.05, 3.63) is 134 Å². The van der Waals surface area contributed by atoms with Crippen LogP contribution in [-0.2, 0) is 21.1 Å². The summed E-state index contributed by atoms with van der Waals surface area (Å²) in [7, 11) is 0. The summed E-state index contributed by atoms with van der Waals surface area (Å²) in [6.07, 6.45) is 1.80. The summed E-state index contributed by atoms with van der Waals surface area (Å²) in [5.41, 5.74) is 8.51. The van der Waals surface area contributed by atoms with E-state index < -0.39 is 0 Å². The van der Waals surface area contributed by atoms with Crippen molar-refractivity contribution in [3.63, 3.8) is 0 Å². The van der Waals surface area contributed by atoms with Crippen molar-refractivity contribution in [2.75, 3.05) is 0 Å². The van der Waals surface area contributed by atoms with Gasteiger partial charge in [-0.15, -0.1) is 58.5 Å². The van der Waals surface area contributed by atoms with Gasteiger partial charge in [-0.05, 0) is 48.2 Å². The molecular weight excluding hydrogens is 712 g/mol. The van der Waals surface area contributed by atoms with Crippen LogP contribution >= 0.6 is 0 Å². The number of nitrogens with zero attached hydrogens (tertiary/aromatic N) is 3. The van der Waals surface area contributed by atoms with Gasteiger partial charge in [0.1, 0.15) is 11.5 Å². The number of rotatable bonds is 3. The molecule has 0 atom stereocenters. The molecule has 0 unspecified atom stereocenters. The number of aromatic nitrogens is 3. The second-order valence-corrected chi connectivity index (χ2v) is 10.4. The second-order valence-electron chi connectivity index (χ2n) is 10.4. The van der Waals surface area contributed by atoms with Gasteiger partial charge in [-0.2, -0.15) is 0 Å². The molecule has 0 saturated heterocycles. The largest absolute Gasteiger partial charge is 2.00 e. The van der Waals surface area contributed by atoms with Crippen molar-refractivity contribution in [1.82, 2.24) is 14.5 Å². The molecule has 0 saturated carbocycles. The summed E-state index contributed by atoms with van der Waals surface area (Å²) < 4.78 is 15.0. The van der Waals surface area contributed by atoms with Gasteiger partial charge in [0.05, 0.1) is 16.9 Å². The Balaban J connectivity index is 0.00000278. The minimum absolute atomic E-state index is 0. The van der Waals surface area contributed by atoms with Crippen molar-refractivity contribution in [3.8, 4) is 51.3 Å². The number of para-hydroxylation sites is 3. The molecule has 7 aromatic rings. The molecule has 43 heavy (non-hydrogen) atoms. The third-order valence-electron chi connectivity index (χ3n) is 7.96. The first-order valence-corrected chi connectivity index (χ1v) is 13.9. The maximum Gasteiger partial charge on any atom is 2.00 e. The first kappa shape index (κ1) is 25.8. The zero-order valence-electron chi connectivity index (χ0n) is 22.6. The van der Waals surface area contributed by atoms with Crippen LogP contribution in [0.3, 0.4) is 0 Å². The molecule has 0 bridgehead atoms. The van der Waals surface area contributed by atoms with E-state index in [2.05, 4.69) is 39.9 Å². The monoisotopic (exact) mass is 732 g/mol. The topological polar surface area (TPSA) is 49.2 Å². The Bertz CT molecular complexity index is 2150. The van der Waals surface area contributed by atoms with Crippen LogP contribution in [0, 0.1) is 12.1 Å². The van der Waals surface area contributed by atoms with Crippen molar-refractivity contribution in [1.29, 1.82) is 0 Å². The number of hydrogen-bond acceptors (Lipinski definition) is 4. The van der Waals surface area contributed by atoms with Crippen LogP contribution in [0.2, 0.25) is 0 Å². The van der Waals surface area contributed by atoms with Gasteiger partial charge < -0.3 is 19.0 Å². The molecule has 0 amide bonds. The Morgan fingerprint density at radius 2 is 1.28 bits per heavy atom. The Labute approximate surface area is 263 Å². The molecular formula is C36H20BN3O2Pt. The molecule has 0 aliphatic carbocycles. The number of hydrogen-bond donors (Lipinski definition) is 0. The third-order valence-corrected chi connectivity index (χ3v) is 7.96. The van der Waals surface area contributed by atoms with Gasteiger partial charge in [-0.3, -0.25) is 4.98 Å². The minimum Gasteiger partial charge on any atom is -0.503 e. The molecule has 2 aliphatic heterocycles. The number of fused-ring (bicyclic) bond motifs is 5. The molecule has 0 fully saturated rings. The van der Waals surface area contributed by atoms with E-state index in [9.17, 15) is 0 Å². The van der Waals surface area contributed by atoms with Crippen LogP contribution in [0.1, 0.15) is 0 Å². The first-order chi connectivity index (χ1) is 20.8. The summed E-state index contributed by atoms with van der Waals surface area (Å²) in [5, 5.41) is 0. The smallest absolute Gasteiger partial charge is 0.503 e. The zero-order valence-corrected chi connectivity index (χ0v) is 24.9. The molecule has 9 rings (SSSR count). The van der Waals surface area contributed by atoms with Crippen LogP contribution in [0.4, 0.5) is 0 Å². The predicted octanol–water partition coefficient (Wildman–Crippen LogP) is 6.08. The van der Waals surface area contributed by atoms with Gasteiger partial charge in [0, 0.05) is 28.8 Å². The molecule has 5 aromatic carbocycles. The average molecular weight is 732 g/mol. The number of ether oxygens (including phenoxy) is 2. The fourth-order valence-electron chi connectivity index (χ4n) is 6.10. The van der Waals surface area contributed by atoms with E-state index in [1.54, 1.807) is 6.20 Å². The fraction of sp³-hybridized carbons (Fsp3) is 0. The normalized spacial score (nSPS) is 12.3. The second kappa shape index (κ2) is 10.1. The molecule has 0 radical (unpaired) electrons. The SMILES string of the molecule is [Pt+2].[c-]1c(-c2ccccn2)ccc2c1B1c3[c-]c(-c4nc5ccccc5n4-c4ccccc4)ccc3Oc3cccc(c31)O2. The van der Waals surface area contributed by atoms with Gasteiger partial charge in [0.2, 0.25) is 6.71 Å². The number of pyridine rings is 1. The Morgan fingerprint density at radius 1 is 0.605 bits per heavy atom. The van der Waals surface area contributed by atoms with E-state index in [0.717, 1.165) is 78.8 Å². The average Bonchev–Trinajstić information content (AvgIpc) is 3.45. The van der Waals surface area contributed by atoms with Crippen molar-refractivity contribution < 1.29 is 30.5 Å². The van der Waals surface area contributed by atoms with E-state index in [4.69, 9.17) is 14.5 Å². The number of imidazole rings is 1. The van der Waals surface area contributed by atoms with Crippen molar-refractivity contribution in [2.45, 2.75) is 0 Å². The Morgan fingerprint density at radius 3 is 2.02 bits per heavy atom. The quantitative estimate of drug-likeness (QED) is 0.163. The maximum atomic E-state index is 6.45. The molecule has 4 heterocycles. The Hall–Kier alpha value is -4.93. The zero-order chi connectivity index (χ0) is 27.6. The van der Waals surface area contributed by atoms with Gasteiger partial charge in [-0.1, -0.05) is 48.5 Å². The van der Waals surface area contributed by atoms with E-state index >= 15 is 0 Å². The van der Waals surface area contributed by atoms with Crippen LogP contribution in [0.5, 0.6) is 23.0 Å². The van der Waals surface area contributed by atoms with Crippen LogP contribution in [-0.4, -0.2) is 21.2 Å². The Kier molecular flexibility index (Phi) is 6.06. The van der Waals surface area contributed by atoms with Crippen molar-refractivity contribution in [2.24, 2.45) is 0 Å². The van der Waals surface area contributed by atoms with Gasteiger partial charge >= 0.3 is 21.1 Å². The molecule has 0 N–H and O–H groups in total. The molecule has 2 aromatic heterocycles. The van der Waals surface area contributed by atoms with E-state index in [-0.39, 0.29) is 27.8 Å². The molecule has 204 valence electrons. The summed E-state index contributed by atoms with van der Waals surface area (Å²) in [5.74, 6) is 3.92. The molecule has 2 aliphatic rings. The van der Waals surface area contributed by atoms with Crippen LogP contribution < -0.4 is 25.9 Å². The first-order valence-electron chi connectivity index (χ1n) is 13.9. The summed E-state index contributed by atoms with van der Waals surface area (Å²) in [6, 6.07) is 45.9. The summed E-state index contributed by atoms with van der Waals surface area (Å²) in [4.78, 5) is 9.65. The fourth-order valence-corrected chi connectivity index (χ4v) is 6.10. The summed E-state index contributed by atoms with van der Waals surface area (Å²) >= 11 is 0. The number of benzene rings is 5. The standard InChI is InChI=1S/C36H20BN3O2.Pt/c1-2-9-25(10-3-1)40-30-13-5-4-12-29(30)39-36(40)24-17-19-32-27(22-24)37-26-21-23(28-11-6-7-20-38-28)16-18-31(26)41-33-14-8-15-34(42-32)35(33)37;/h1-20H;/q-2;+2. The van der Waals surface area contributed by atoms with Gasteiger partial charge in [0.25, 0.3) is 0 Å². The molecule has 7 heteroatoms. The predicted molar refractivity (Wildman–Crippen MR) is 165 cm³/mol. The molecule has 5 nitrogen and oxygen atoms in total. The van der Waals surface area contributed by atoms with E-state index in [0.29, 0.717) is 0 Å². The maximum absolute atomic E-state index is 6.45. The van der Waals surface area contributed by atoms with Gasteiger partial charge in [-0.25, -0.2) is 0 Å². The summed E-state index contributed by atoms with van der Waals surface area (Å²) in [6.45, 7) is -0.179. The van der Waals surface area contributed by atoms with E-state index in [1.165, 1.54) is 0 Å². The van der Waals surface area contributed by atoms with Crippen molar-refractivity contribution >= 4 is 34.1 Å². The van der Waals surface area contributed by atoms with Crippen LogP contribution in [0.15, 0.2) is 121 Å². The van der Waals surface area contributed by atoms with E-state index in [1.807, 2.05) is 97.1 Å². The molecule has 0 spiro atoms. The van der Waals surface area contributed by atoms with Crippen LogP contribution in [0.25, 0.3) is 39.4 Å². The minimum atomic E-state index is -0.179. The van der Waals surface area contributed by atoms with Gasteiger partial charge in [0.15, 0.2) is 0 Å². The third kappa shape index (κ3) is 4.05.